The molecule has 2 bridgehead atoms. The molecule has 2 saturated carbocycles. The summed E-state index contributed by atoms with van der Waals surface area (Å²) in [7, 11) is 0. The van der Waals surface area contributed by atoms with E-state index in [1.807, 2.05) is 6.92 Å². The van der Waals surface area contributed by atoms with Gasteiger partial charge in [0, 0.05) is 44.9 Å². The molecule has 2 N–H and O–H groups in total. The van der Waals surface area contributed by atoms with E-state index in [1.54, 1.807) is 0 Å². The number of carbonyl (C=O) groups excluding carboxylic acids is 3. The molecule has 2 heterocycles. The summed E-state index contributed by atoms with van der Waals surface area (Å²) in [5.41, 5.74) is 0. The van der Waals surface area contributed by atoms with Gasteiger partial charge in [0.15, 0.2) is 0 Å². The van der Waals surface area contributed by atoms with Gasteiger partial charge in [0.25, 0.3) is 0 Å². The molecular weight excluding hydrogens is 865 g/mol. The molecule has 6 nitrogen and oxygen atoms in total. The van der Waals surface area contributed by atoms with Crippen LogP contribution in [0.15, 0.2) is 24.0 Å². The topological polar surface area (TPSA) is 101 Å². The van der Waals surface area contributed by atoms with E-state index in [1.165, 1.54) is 198 Å². The van der Waals surface area contributed by atoms with Crippen molar-refractivity contribution in [1.82, 2.24) is 0 Å². The molecule has 3 fully saturated rings. The van der Waals surface area contributed by atoms with E-state index in [4.69, 9.17) is 4.74 Å². The first kappa shape index (κ1) is 64.3. The van der Waals surface area contributed by atoms with Gasteiger partial charge in [-0.05, 0) is 120 Å². The number of aliphatic hydroxyl groups excluding tert-OH is 2. The van der Waals surface area contributed by atoms with E-state index in [-0.39, 0.29) is 18.1 Å². The smallest absolute Gasteiger partial charge is 0.133 e. The van der Waals surface area contributed by atoms with Gasteiger partial charge in [-0.2, -0.15) is 0 Å². The van der Waals surface area contributed by atoms with E-state index in [0.717, 1.165) is 95.8 Å². The molecular formula is C64H116O6. The van der Waals surface area contributed by atoms with Crippen molar-refractivity contribution < 1.29 is 29.3 Å². The minimum Gasteiger partial charge on any atom is -0.495 e. The maximum Gasteiger partial charge on any atom is 0.133 e. The first-order valence-corrected chi connectivity index (χ1v) is 30.9. The highest BCUT2D eigenvalue weighted by molar-refractivity contribution is 5.81. The maximum absolute atomic E-state index is 11.7. The van der Waals surface area contributed by atoms with Gasteiger partial charge in [-0.1, -0.05) is 200 Å². The molecule has 0 amide bonds. The Bertz CT molecular complexity index is 1270. The maximum atomic E-state index is 11.7. The van der Waals surface area contributed by atoms with Crippen molar-refractivity contribution in [3.8, 4) is 0 Å². The molecule has 1 saturated heterocycles. The van der Waals surface area contributed by atoms with Gasteiger partial charge in [0.1, 0.15) is 17.3 Å². The Morgan fingerprint density at radius 2 is 0.743 bits per heavy atom. The zero-order valence-corrected chi connectivity index (χ0v) is 46.8. The van der Waals surface area contributed by atoms with Crippen LogP contribution in [0.4, 0.5) is 0 Å². The second kappa shape index (κ2) is 44.7. The van der Waals surface area contributed by atoms with Gasteiger partial charge in [0.2, 0.25) is 0 Å². The minimum absolute atomic E-state index is 0.155. The summed E-state index contributed by atoms with van der Waals surface area (Å²) in [5, 5.41) is 19.9. The third-order valence-electron chi connectivity index (χ3n) is 15.7. The molecule has 408 valence electrons. The molecule has 5 aliphatic rings. The molecule has 0 radical (unpaired) electrons. The number of hydrogen-bond donors (Lipinski definition) is 2. The van der Waals surface area contributed by atoms with Gasteiger partial charge in [0.05, 0.1) is 24.1 Å². The van der Waals surface area contributed by atoms with Crippen LogP contribution in [-0.2, 0) is 19.1 Å². The Labute approximate surface area is 434 Å². The van der Waals surface area contributed by atoms with Crippen LogP contribution in [-0.4, -0.2) is 45.9 Å². The summed E-state index contributed by atoms with van der Waals surface area (Å²) in [6, 6.07) is 0. The number of allylic oxidation sites excluding steroid dienone is 4. The fourth-order valence-corrected chi connectivity index (χ4v) is 11.5. The second-order valence-electron chi connectivity index (χ2n) is 23.7. The highest BCUT2D eigenvalue weighted by Gasteiger charge is 2.21. The van der Waals surface area contributed by atoms with Gasteiger partial charge >= 0.3 is 0 Å². The third-order valence-corrected chi connectivity index (χ3v) is 15.7. The number of ether oxygens (including phenoxy) is 1. The van der Waals surface area contributed by atoms with Crippen molar-refractivity contribution in [1.29, 1.82) is 0 Å². The zero-order chi connectivity index (χ0) is 50.7. The molecule has 70 heavy (non-hydrogen) atoms. The van der Waals surface area contributed by atoms with Crippen LogP contribution in [0, 0.1) is 23.7 Å². The molecule has 0 aromatic heterocycles. The highest BCUT2D eigenvalue weighted by Crippen LogP contribution is 2.29. The van der Waals surface area contributed by atoms with E-state index in [9.17, 15) is 24.6 Å². The molecule has 0 aromatic carbocycles. The quantitative estimate of drug-likeness (QED) is 0.235. The summed E-state index contributed by atoms with van der Waals surface area (Å²) in [5.74, 6) is 4.43. The van der Waals surface area contributed by atoms with Crippen LogP contribution in [0.3, 0.4) is 0 Å². The Morgan fingerprint density at radius 1 is 0.386 bits per heavy atom. The summed E-state index contributed by atoms with van der Waals surface area (Å²) in [4.78, 5) is 35.2. The molecule has 5 atom stereocenters. The third kappa shape index (κ3) is 39.7. The molecule has 5 unspecified atom stereocenters. The van der Waals surface area contributed by atoms with E-state index >= 15 is 0 Å². The van der Waals surface area contributed by atoms with Crippen molar-refractivity contribution in [2.45, 2.75) is 341 Å². The average Bonchev–Trinajstić information content (AvgIpc) is 3.30. The Kier molecular flexibility index (Phi) is 41.1. The largest absolute Gasteiger partial charge is 0.495 e. The van der Waals surface area contributed by atoms with Gasteiger partial charge < -0.3 is 14.9 Å². The van der Waals surface area contributed by atoms with Crippen molar-refractivity contribution in [2.75, 3.05) is 0 Å². The highest BCUT2D eigenvalue weighted by atomic mass is 16.5. The fourth-order valence-electron chi connectivity index (χ4n) is 11.5. The lowest BCUT2D eigenvalue weighted by Gasteiger charge is -2.28. The predicted octanol–water partition coefficient (Wildman–Crippen LogP) is 18.8. The SMILES string of the molecule is CC1C=C2CCCCCCCCCCC(C1)O2.CC1CC(=O)CCCCCCCCCCC(=O)C1.CC1CC(O)CCCCCCCCCCC(O)C1.CC1CC=CCCCCCCCCCC(=O)C1. The molecule has 6 heteroatoms. The predicted molar refractivity (Wildman–Crippen MR) is 298 cm³/mol. The van der Waals surface area contributed by atoms with Crippen LogP contribution >= 0.6 is 0 Å². The lowest BCUT2D eigenvalue weighted by atomic mass is 9.93. The molecule has 2 aliphatic heterocycles. The first-order chi connectivity index (χ1) is 34.0. The van der Waals surface area contributed by atoms with Gasteiger partial charge in [-0.25, -0.2) is 0 Å². The van der Waals surface area contributed by atoms with Gasteiger partial charge in [-0.15, -0.1) is 0 Å². The molecule has 3 aliphatic carbocycles. The monoisotopic (exact) mass is 981 g/mol. The number of hydrogen-bond acceptors (Lipinski definition) is 6. The van der Waals surface area contributed by atoms with Gasteiger partial charge in [-0.3, -0.25) is 14.4 Å². The van der Waals surface area contributed by atoms with Crippen molar-refractivity contribution in [3.05, 3.63) is 24.0 Å². The van der Waals surface area contributed by atoms with Crippen molar-refractivity contribution in [2.24, 2.45) is 23.7 Å². The first-order valence-electron chi connectivity index (χ1n) is 30.9. The lowest BCUT2D eigenvalue weighted by molar-refractivity contribution is -0.122. The number of fused-ring (bicyclic) bond motifs is 2. The number of rotatable bonds is 0. The fraction of sp³-hybridized carbons (Fsp3) is 0.891. The summed E-state index contributed by atoms with van der Waals surface area (Å²) >= 11 is 0. The Hall–Kier alpha value is -1.79. The molecule has 5 rings (SSSR count). The number of ketones is 3. The zero-order valence-electron chi connectivity index (χ0n) is 46.8. The van der Waals surface area contributed by atoms with Crippen LogP contribution < -0.4 is 0 Å². The van der Waals surface area contributed by atoms with Crippen LogP contribution in [0.2, 0.25) is 0 Å². The summed E-state index contributed by atoms with van der Waals surface area (Å²) in [6.45, 7) is 8.73. The van der Waals surface area contributed by atoms with Crippen molar-refractivity contribution >= 4 is 17.3 Å². The molecule has 0 spiro atoms. The standard InChI is InChI=1S/C16H32O2.C16H28O2.2C16H28O/c2*1-14-12-15(17)10-8-6-4-2-3-5-7-9-11-16(18)13-14;1-14-12-15-10-8-6-4-2-3-5-7-9-11-16(13-14)17-15;1-15-12-10-8-6-4-2-3-5-7-9-11-13-16(17)14-15/h14-18H,2-13H2,1H3;14H,2-13H2,1H3;12,14,16H,2-11,13H2,1H3;8,10,15H,2-7,9,11-14H2,1H3. The molecule has 0 aromatic rings. The Balaban J connectivity index is 0.000000320. The second-order valence-corrected chi connectivity index (χ2v) is 23.7. The lowest BCUT2D eigenvalue weighted by Crippen LogP contribution is -2.20. The van der Waals surface area contributed by atoms with E-state index in [0.29, 0.717) is 48.1 Å². The van der Waals surface area contributed by atoms with E-state index in [2.05, 4.69) is 39.0 Å². The minimum atomic E-state index is -0.155. The Morgan fingerprint density at radius 3 is 1.19 bits per heavy atom. The number of Topliss-reactive ketones (excluding diaryl/α,β-unsaturated/α-hetero) is 3. The van der Waals surface area contributed by atoms with Crippen LogP contribution in [0.25, 0.3) is 0 Å². The van der Waals surface area contributed by atoms with E-state index < -0.39 is 0 Å². The summed E-state index contributed by atoms with van der Waals surface area (Å²) in [6.07, 6.45) is 61.2. The average molecular weight is 982 g/mol. The summed E-state index contributed by atoms with van der Waals surface area (Å²) < 4.78 is 6.13. The number of aliphatic hydroxyl groups is 2. The number of carbonyl (C=O) groups is 3. The van der Waals surface area contributed by atoms with Crippen molar-refractivity contribution in [3.63, 3.8) is 0 Å². The van der Waals surface area contributed by atoms with Crippen LogP contribution in [0.5, 0.6) is 0 Å². The normalized spacial score (nSPS) is 29.1. The van der Waals surface area contributed by atoms with Crippen LogP contribution in [0.1, 0.15) is 323 Å².